The van der Waals surface area contributed by atoms with E-state index in [-0.39, 0.29) is 5.41 Å². The van der Waals surface area contributed by atoms with E-state index in [0.29, 0.717) is 5.78 Å². The Hall–Kier alpha value is -1.15. The van der Waals surface area contributed by atoms with Gasteiger partial charge in [-0.25, -0.2) is 0 Å². The third kappa shape index (κ3) is 5.57. The molecular weight excluding hydrogens is 270 g/mol. The predicted octanol–water partition coefficient (Wildman–Crippen LogP) is 5.26. The van der Waals surface area contributed by atoms with Crippen LogP contribution in [0.25, 0.3) is 0 Å². The fourth-order valence-electron chi connectivity index (χ4n) is 2.95. The van der Waals surface area contributed by atoms with Gasteiger partial charge in [-0.15, -0.1) is 0 Å². The lowest BCUT2D eigenvalue weighted by atomic mass is 9.70. The SMILES string of the molecule is CC.CC.CCC.O=C1CC2(CCNC2)Cc2ccccc21. The molecule has 2 aliphatic rings. The predicted molar refractivity (Wildman–Crippen MR) is 97.7 cm³/mol. The van der Waals surface area contributed by atoms with Gasteiger partial charge in [0.25, 0.3) is 0 Å². The van der Waals surface area contributed by atoms with Crippen molar-refractivity contribution < 1.29 is 4.79 Å². The minimum atomic E-state index is 0.228. The van der Waals surface area contributed by atoms with Crippen molar-refractivity contribution in [3.63, 3.8) is 0 Å². The Kier molecular flexibility index (Phi) is 10.8. The lowest BCUT2D eigenvalue weighted by Crippen LogP contribution is -2.34. The molecule has 1 atom stereocenters. The summed E-state index contributed by atoms with van der Waals surface area (Å²) in [5.41, 5.74) is 2.43. The van der Waals surface area contributed by atoms with Crippen molar-refractivity contribution in [3.05, 3.63) is 35.4 Å². The Morgan fingerprint density at radius 3 is 2.18 bits per heavy atom. The summed E-state index contributed by atoms with van der Waals surface area (Å²) in [5.74, 6) is 0.334. The minimum Gasteiger partial charge on any atom is -0.316 e. The Balaban J connectivity index is 0.000000553. The van der Waals surface area contributed by atoms with Crippen LogP contribution in [0.4, 0.5) is 0 Å². The average molecular weight is 306 g/mol. The van der Waals surface area contributed by atoms with Crippen LogP contribution in [0, 0.1) is 5.41 Å². The highest BCUT2D eigenvalue weighted by molar-refractivity contribution is 5.99. The van der Waals surface area contributed by atoms with Gasteiger partial charge in [-0.3, -0.25) is 4.79 Å². The van der Waals surface area contributed by atoms with Gasteiger partial charge in [0.2, 0.25) is 0 Å². The summed E-state index contributed by atoms with van der Waals surface area (Å²) in [6, 6.07) is 8.06. The number of rotatable bonds is 0. The summed E-state index contributed by atoms with van der Waals surface area (Å²) in [7, 11) is 0. The normalized spacial score (nSPS) is 21.5. The first kappa shape index (κ1) is 20.9. The highest BCUT2D eigenvalue weighted by Gasteiger charge is 2.40. The monoisotopic (exact) mass is 305 g/mol. The molecule has 22 heavy (non-hydrogen) atoms. The van der Waals surface area contributed by atoms with Crippen molar-refractivity contribution >= 4 is 5.78 Å². The molecule has 0 bridgehead atoms. The number of nitrogens with one attached hydrogen (secondary N) is 1. The Labute approximate surface area is 137 Å². The van der Waals surface area contributed by atoms with Crippen LogP contribution >= 0.6 is 0 Å². The zero-order valence-electron chi connectivity index (χ0n) is 15.5. The van der Waals surface area contributed by atoms with Crippen molar-refractivity contribution in [2.24, 2.45) is 5.41 Å². The lowest BCUT2D eigenvalue weighted by Gasteiger charge is -2.32. The van der Waals surface area contributed by atoms with Crippen LogP contribution in [0.15, 0.2) is 24.3 Å². The van der Waals surface area contributed by atoms with Crippen LogP contribution < -0.4 is 5.32 Å². The Bertz CT molecular complexity index is 419. The number of carbonyl (C=O) groups is 1. The maximum Gasteiger partial charge on any atom is 0.163 e. The summed E-state index contributed by atoms with van der Waals surface area (Å²) in [6.07, 6.45) is 4.20. The zero-order chi connectivity index (χ0) is 17.0. The van der Waals surface area contributed by atoms with Crippen LogP contribution in [-0.2, 0) is 6.42 Å². The summed E-state index contributed by atoms with van der Waals surface area (Å²) in [6.45, 7) is 14.3. The Morgan fingerprint density at radius 2 is 1.64 bits per heavy atom. The van der Waals surface area contributed by atoms with E-state index in [0.717, 1.165) is 37.9 Å². The molecule has 3 rings (SSSR count). The summed E-state index contributed by atoms with van der Waals surface area (Å²) >= 11 is 0. The standard InChI is InChI=1S/C13H15NO.C3H8.2C2H6/c15-12-8-13(5-6-14-9-13)7-10-3-1-2-4-11(10)12;1-3-2;2*1-2/h1-4,14H,5-9H2;3H2,1-2H3;2*1-2H3. The molecule has 1 fully saturated rings. The lowest BCUT2D eigenvalue weighted by molar-refractivity contribution is 0.0899. The number of Topliss-reactive ketones (excluding diaryl/α,β-unsaturated/α-hetero) is 1. The topological polar surface area (TPSA) is 29.1 Å². The highest BCUT2D eigenvalue weighted by atomic mass is 16.1. The van der Waals surface area contributed by atoms with Crippen molar-refractivity contribution in [1.82, 2.24) is 5.32 Å². The van der Waals surface area contributed by atoms with Gasteiger partial charge in [0.05, 0.1) is 0 Å². The van der Waals surface area contributed by atoms with Gasteiger partial charge in [0, 0.05) is 18.5 Å². The second-order valence-corrected chi connectivity index (χ2v) is 5.57. The molecule has 2 nitrogen and oxygen atoms in total. The van der Waals surface area contributed by atoms with Gasteiger partial charge in [-0.2, -0.15) is 0 Å². The summed E-state index contributed by atoms with van der Waals surface area (Å²) < 4.78 is 0. The molecule has 1 aliphatic heterocycles. The molecule has 1 spiro atoms. The van der Waals surface area contributed by atoms with Crippen LogP contribution in [0.1, 0.15) is 76.7 Å². The number of hydrogen-bond acceptors (Lipinski definition) is 2. The van der Waals surface area contributed by atoms with Gasteiger partial charge in [-0.1, -0.05) is 72.2 Å². The zero-order valence-corrected chi connectivity index (χ0v) is 15.5. The van der Waals surface area contributed by atoms with E-state index >= 15 is 0 Å². The molecule has 2 heteroatoms. The first-order chi connectivity index (χ1) is 10.7. The van der Waals surface area contributed by atoms with Crippen molar-refractivity contribution in [2.75, 3.05) is 13.1 Å². The molecule has 1 unspecified atom stereocenters. The van der Waals surface area contributed by atoms with E-state index in [9.17, 15) is 4.79 Å². The van der Waals surface area contributed by atoms with Crippen LogP contribution in [0.3, 0.4) is 0 Å². The highest BCUT2D eigenvalue weighted by Crippen LogP contribution is 2.39. The first-order valence-electron chi connectivity index (χ1n) is 9.02. The third-order valence-corrected chi connectivity index (χ3v) is 3.75. The number of fused-ring (bicyclic) bond motifs is 1. The molecule has 1 heterocycles. The van der Waals surface area contributed by atoms with Gasteiger partial charge < -0.3 is 5.32 Å². The van der Waals surface area contributed by atoms with Gasteiger partial charge in [0.1, 0.15) is 0 Å². The Morgan fingerprint density at radius 1 is 1.05 bits per heavy atom. The van der Waals surface area contributed by atoms with Gasteiger partial charge >= 0.3 is 0 Å². The van der Waals surface area contributed by atoms with Crippen molar-refractivity contribution in [1.29, 1.82) is 0 Å². The second kappa shape index (κ2) is 11.4. The average Bonchev–Trinajstić information content (AvgIpc) is 2.99. The molecule has 1 saturated heterocycles. The molecule has 0 radical (unpaired) electrons. The largest absolute Gasteiger partial charge is 0.316 e. The first-order valence-corrected chi connectivity index (χ1v) is 9.02. The quantitative estimate of drug-likeness (QED) is 0.708. The van der Waals surface area contributed by atoms with E-state index in [1.165, 1.54) is 12.0 Å². The smallest absolute Gasteiger partial charge is 0.163 e. The third-order valence-electron chi connectivity index (χ3n) is 3.75. The minimum absolute atomic E-state index is 0.228. The van der Waals surface area contributed by atoms with Crippen LogP contribution in [0.5, 0.6) is 0 Å². The molecule has 1 aliphatic carbocycles. The van der Waals surface area contributed by atoms with E-state index in [1.807, 2.05) is 45.9 Å². The molecule has 0 aromatic heterocycles. The molecule has 0 amide bonds. The van der Waals surface area contributed by atoms with Crippen molar-refractivity contribution in [2.45, 2.75) is 67.2 Å². The number of benzene rings is 1. The maximum atomic E-state index is 12.0. The number of hydrogen-bond donors (Lipinski definition) is 1. The fraction of sp³-hybridized carbons (Fsp3) is 0.650. The maximum absolute atomic E-state index is 12.0. The molecule has 1 N–H and O–H groups in total. The molecule has 1 aromatic rings. The van der Waals surface area contributed by atoms with E-state index in [2.05, 4.69) is 25.2 Å². The van der Waals surface area contributed by atoms with Gasteiger partial charge in [0.15, 0.2) is 5.78 Å². The van der Waals surface area contributed by atoms with Gasteiger partial charge in [-0.05, 0) is 30.4 Å². The van der Waals surface area contributed by atoms with Crippen LogP contribution in [-0.4, -0.2) is 18.9 Å². The summed E-state index contributed by atoms with van der Waals surface area (Å²) in [4.78, 5) is 12.0. The molecule has 126 valence electrons. The van der Waals surface area contributed by atoms with Crippen molar-refractivity contribution in [3.8, 4) is 0 Å². The van der Waals surface area contributed by atoms with E-state index in [1.54, 1.807) is 0 Å². The number of ketones is 1. The second-order valence-electron chi connectivity index (χ2n) is 5.57. The molecule has 1 aromatic carbocycles. The fourth-order valence-corrected chi connectivity index (χ4v) is 2.95. The van der Waals surface area contributed by atoms with E-state index in [4.69, 9.17) is 0 Å². The molecule has 0 saturated carbocycles. The van der Waals surface area contributed by atoms with Crippen LogP contribution in [0.2, 0.25) is 0 Å². The van der Waals surface area contributed by atoms with E-state index < -0.39 is 0 Å². The molecular formula is C20H35NO. The summed E-state index contributed by atoms with van der Waals surface area (Å²) in [5, 5.41) is 3.38. The number of carbonyl (C=O) groups excluding carboxylic acids is 1.